The maximum atomic E-state index is 12.7. The zero-order valence-electron chi connectivity index (χ0n) is 17.0. The molecule has 0 unspecified atom stereocenters. The van der Waals surface area contributed by atoms with Gasteiger partial charge in [0.1, 0.15) is 17.4 Å². The molecule has 0 radical (unpaired) electrons. The normalized spacial score (nSPS) is 13.9. The van der Waals surface area contributed by atoms with Crippen LogP contribution < -0.4 is 10.1 Å². The van der Waals surface area contributed by atoms with E-state index in [4.69, 9.17) is 4.74 Å². The summed E-state index contributed by atoms with van der Waals surface area (Å²) < 4.78 is 6.21. The lowest BCUT2D eigenvalue weighted by atomic mass is 10.1. The lowest BCUT2D eigenvalue weighted by Crippen LogP contribution is -2.13. The van der Waals surface area contributed by atoms with Crippen LogP contribution in [0.1, 0.15) is 38.1 Å². The number of rotatable bonds is 5. The number of ether oxygens (including phenoxy) is 1. The molecule has 5 nitrogen and oxygen atoms in total. The molecule has 1 N–H and O–H groups in total. The van der Waals surface area contributed by atoms with Gasteiger partial charge in [-0.15, -0.1) is 23.5 Å². The van der Waals surface area contributed by atoms with Crippen LogP contribution >= 0.6 is 23.5 Å². The number of anilines is 1. The van der Waals surface area contributed by atoms with E-state index < -0.39 is 0 Å². The molecule has 1 aliphatic heterocycles. The van der Waals surface area contributed by atoms with Gasteiger partial charge in [-0.3, -0.25) is 4.79 Å². The maximum absolute atomic E-state index is 12.7. The van der Waals surface area contributed by atoms with Crippen molar-refractivity contribution in [2.75, 3.05) is 16.8 Å². The van der Waals surface area contributed by atoms with Crippen LogP contribution in [-0.4, -0.2) is 22.4 Å². The molecule has 31 heavy (non-hydrogen) atoms. The van der Waals surface area contributed by atoms with Crippen molar-refractivity contribution >= 4 is 35.1 Å². The molecule has 0 saturated carbocycles. The zero-order valence-corrected chi connectivity index (χ0v) is 18.6. The predicted octanol–water partition coefficient (Wildman–Crippen LogP) is 6.18. The molecule has 1 aliphatic rings. The Morgan fingerprint density at radius 1 is 1.16 bits per heavy atom. The first-order chi connectivity index (χ1) is 15.1. The first kappa shape index (κ1) is 21.3. The first-order valence-corrected chi connectivity index (χ1v) is 12.0. The predicted molar refractivity (Wildman–Crippen MR) is 127 cm³/mol. The van der Waals surface area contributed by atoms with E-state index in [2.05, 4.69) is 16.4 Å². The Balaban J connectivity index is 1.43. The lowest BCUT2D eigenvalue weighted by Gasteiger charge is -2.21. The second kappa shape index (κ2) is 9.90. The zero-order chi connectivity index (χ0) is 21.6. The van der Waals surface area contributed by atoms with Crippen molar-refractivity contribution in [3.63, 3.8) is 0 Å². The molecule has 0 atom stereocenters. The number of hydrogen-bond acceptors (Lipinski definition) is 6. The minimum absolute atomic E-state index is 0.149. The SMILES string of the molecule is Cc1cc(Oc2ncccc2C#N)ccc1NC(=O)c1ccc(C2SCCCS2)cc1. The molecule has 156 valence electrons. The molecular formula is C24H21N3O2S2. The van der Waals surface area contributed by atoms with Gasteiger partial charge < -0.3 is 10.1 Å². The molecule has 2 aromatic carbocycles. The van der Waals surface area contributed by atoms with Crippen LogP contribution in [0, 0.1) is 18.3 Å². The van der Waals surface area contributed by atoms with E-state index in [0.29, 0.717) is 27.1 Å². The molecule has 4 rings (SSSR count). The largest absolute Gasteiger partial charge is 0.438 e. The van der Waals surface area contributed by atoms with E-state index in [0.717, 1.165) is 5.56 Å². The minimum Gasteiger partial charge on any atom is -0.438 e. The third-order valence-electron chi connectivity index (χ3n) is 4.82. The Morgan fingerprint density at radius 3 is 2.65 bits per heavy atom. The fourth-order valence-electron chi connectivity index (χ4n) is 3.18. The number of benzene rings is 2. The van der Waals surface area contributed by atoms with E-state index in [1.54, 1.807) is 30.5 Å². The number of carbonyl (C=O) groups is 1. The second-order valence-electron chi connectivity index (χ2n) is 7.05. The first-order valence-electron chi connectivity index (χ1n) is 9.92. The van der Waals surface area contributed by atoms with Crippen LogP contribution in [0.4, 0.5) is 5.69 Å². The highest BCUT2D eigenvalue weighted by Gasteiger charge is 2.17. The maximum Gasteiger partial charge on any atom is 0.255 e. The number of nitriles is 1. The van der Waals surface area contributed by atoms with Gasteiger partial charge in [0.25, 0.3) is 5.91 Å². The van der Waals surface area contributed by atoms with Gasteiger partial charge in [0.15, 0.2) is 0 Å². The number of pyridine rings is 1. The molecule has 2 heterocycles. The Hall–Kier alpha value is -2.95. The molecule has 1 aromatic heterocycles. The van der Waals surface area contributed by atoms with Gasteiger partial charge in [-0.2, -0.15) is 5.26 Å². The molecule has 0 spiro atoms. The number of aryl methyl sites for hydroxylation is 1. The van der Waals surface area contributed by atoms with Crippen molar-refractivity contribution in [3.05, 3.63) is 83.0 Å². The summed E-state index contributed by atoms with van der Waals surface area (Å²) in [6.45, 7) is 1.90. The summed E-state index contributed by atoms with van der Waals surface area (Å²) in [4.78, 5) is 16.8. The Labute approximate surface area is 190 Å². The van der Waals surface area contributed by atoms with Crippen LogP contribution in [0.25, 0.3) is 0 Å². The van der Waals surface area contributed by atoms with E-state index in [1.807, 2.05) is 60.8 Å². The average Bonchev–Trinajstić information content (AvgIpc) is 2.82. The fourth-order valence-corrected chi connectivity index (χ4v) is 6.07. The van der Waals surface area contributed by atoms with E-state index >= 15 is 0 Å². The van der Waals surface area contributed by atoms with Crippen LogP contribution in [0.15, 0.2) is 60.8 Å². The van der Waals surface area contributed by atoms with E-state index in [-0.39, 0.29) is 11.8 Å². The minimum atomic E-state index is -0.149. The number of carbonyl (C=O) groups excluding carboxylic acids is 1. The summed E-state index contributed by atoms with van der Waals surface area (Å²) in [5.41, 5.74) is 3.82. The van der Waals surface area contributed by atoms with Crippen molar-refractivity contribution in [1.82, 2.24) is 4.98 Å². The number of thioether (sulfide) groups is 2. The summed E-state index contributed by atoms with van der Waals surface area (Å²) in [5, 5.41) is 12.1. The Morgan fingerprint density at radius 2 is 1.94 bits per heavy atom. The van der Waals surface area contributed by atoms with Gasteiger partial charge in [-0.05, 0) is 78.4 Å². The molecule has 1 amide bonds. The molecular weight excluding hydrogens is 426 g/mol. The van der Waals surface area contributed by atoms with Gasteiger partial charge >= 0.3 is 0 Å². The number of hydrogen-bond donors (Lipinski definition) is 1. The second-order valence-corrected chi connectivity index (χ2v) is 9.77. The molecule has 3 aromatic rings. The van der Waals surface area contributed by atoms with Gasteiger partial charge in [-0.25, -0.2) is 4.98 Å². The third kappa shape index (κ3) is 5.22. The monoisotopic (exact) mass is 447 g/mol. The van der Waals surface area contributed by atoms with E-state index in [1.165, 1.54) is 23.5 Å². The van der Waals surface area contributed by atoms with Gasteiger partial charge in [0, 0.05) is 17.4 Å². The van der Waals surface area contributed by atoms with Gasteiger partial charge in [0.2, 0.25) is 5.88 Å². The van der Waals surface area contributed by atoms with Crippen molar-refractivity contribution in [1.29, 1.82) is 5.26 Å². The topological polar surface area (TPSA) is 75.0 Å². The average molecular weight is 448 g/mol. The summed E-state index contributed by atoms with van der Waals surface area (Å²) in [5.74, 6) is 3.05. The van der Waals surface area contributed by atoms with Gasteiger partial charge in [0.05, 0.1) is 4.58 Å². The van der Waals surface area contributed by atoms with Crippen LogP contribution in [0.3, 0.4) is 0 Å². The summed E-state index contributed by atoms with van der Waals surface area (Å²) in [7, 11) is 0. The molecule has 0 aliphatic carbocycles. The van der Waals surface area contributed by atoms with Crippen LogP contribution in [0.5, 0.6) is 11.6 Å². The van der Waals surface area contributed by atoms with E-state index in [9.17, 15) is 10.1 Å². The van der Waals surface area contributed by atoms with Crippen LogP contribution in [-0.2, 0) is 0 Å². The molecule has 7 heteroatoms. The van der Waals surface area contributed by atoms with Crippen molar-refractivity contribution in [2.24, 2.45) is 0 Å². The smallest absolute Gasteiger partial charge is 0.255 e. The quantitative estimate of drug-likeness (QED) is 0.504. The highest BCUT2D eigenvalue weighted by molar-refractivity contribution is 8.16. The van der Waals surface area contributed by atoms with Crippen molar-refractivity contribution < 1.29 is 9.53 Å². The molecule has 0 bridgehead atoms. The summed E-state index contributed by atoms with van der Waals surface area (Å²) >= 11 is 3.94. The standard InChI is InChI=1S/C24H21N3O2S2/c1-16-14-20(29-23-19(15-25)4-2-11-26-23)9-10-21(16)27-22(28)17-5-7-18(8-6-17)24-30-12-3-13-31-24/h2,4-11,14,24H,3,12-13H2,1H3,(H,27,28). The highest BCUT2D eigenvalue weighted by atomic mass is 32.2. The molecule has 1 saturated heterocycles. The Kier molecular flexibility index (Phi) is 6.80. The number of aromatic nitrogens is 1. The fraction of sp³-hybridized carbons (Fsp3) is 0.208. The molecule has 1 fully saturated rings. The number of nitrogens with zero attached hydrogens (tertiary/aromatic N) is 2. The van der Waals surface area contributed by atoms with Crippen molar-refractivity contribution in [2.45, 2.75) is 17.9 Å². The highest BCUT2D eigenvalue weighted by Crippen LogP contribution is 2.43. The van der Waals surface area contributed by atoms with Crippen LogP contribution in [0.2, 0.25) is 0 Å². The summed E-state index contributed by atoms with van der Waals surface area (Å²) in [6, 6.07) is 18.6. The summed E-state index contributed by atoms with van der Waals surface area (Å²) in [6.07, 6.45) is 2.84. The Bertz CT molecular complexity index is 1120. The number of amides is 1. The van der Waals surface area contributed by atoms with Gasteiger partial charge in [-0.1, -0.05) is 12.1 Å². The number of nitrogens with one attached hydrogen (secondary N) is 1. The lowest BCUT2D eigenvalue weighted by molar-refractivity contribution is 0.102. The third-order valence-corrected chi connectivity index (χ3v) is 7.84. The van der Waals surface area contributed by atoms with Crippen molar-refractivity contribution in [3.8, 4) is 17.7 Å².